The van der Waals surface area contributed by atoms with Crippen LogP contribution >= 0.6 is 23.2 Å². The molecule has 0 radical (unpaired) electrons. The van der Waals surface area contributed by atoms with Crippen molar-refractivity contribution >= 4 is 40.8 Å². The van der Waals surface area contributed by atoms with Crippen molar-refractivity contribution < 1.29 is 41.4 Å². The van der Waals surface area contributed by atoms with Crippen molar-refractivity contribution in [2.24, 2.45) is 0 Å². The summed E-state index contributed by atoms with van der Waals surface area (Å²) in [6.07, 6.45) is -3.02. The van der Waals surface area contributed by atoms with Gasteiger partial charge in [-0.05, 0) is 30.9 Å². The number of aliphatic carboxylic acids is 1. The largest absolute Gasteiger partial charge is 0.573 e. The number of rotatable bonds is 4. The molecule has 0 aromatic heterocycles. The van der Waals surface area contributed by atoms with Crippen molar-refractivity contribution in [3.63, 3.8) is 0 Å². The number of carboxylic acids is 1. The van der Waals surface area contributed by atoms with Gasteiger partial charge in [-0.3, -0.25) is 9.69 Å². The summed E-state index contributed by atoms with van der Waals surface area (Å²) in [4.78, 5) is 24.9. The number of carbonyl (C=O) groups is 2. The molecule has 0 atom stereocenters. The van der Waals surface area contributed by atoms with E-state index in [1.165, 1.54) is 0 Å². The highest BCUT2D eigenvalue weighted by Crippen LogP contribution is 2.46. The topological polar surface area (TPSA) is 66.8 Å². The predicted molar refractivity (Wildman–Crippen MR) is 93.2 cm³/mol. The molecule has 0 bridgehead atoms. The van der Waals surface area contributed by atoms with Gasteiger partial charge in [-0.1, -0.05) is 23.2 Å². The molecule has 5 nitrogen and oxygen atoms in total. The van der Waals surface area contributed by atoms with Gasteiger partial charge in [0, 0.05) is 18.5 Å². The molecular weight excluding hydrogens is 448 g/mol. The minimum absolute atomic E-state index is 0.370. The molecule has 1 aromatic rings. The lowest BCUT2D eigenvalue weighted by atomic mass is 9.78. The Hall–Kier alpha value is -2.25. The Balaban J connectivity index is 2.60. The molecule has 0 saturated heterocycles. The Morgan fingerprint density at radius 2 is 1.62 bits per heavy atom. The third kappa shape index (κ3) is 4.85. The van der Waals surface area contributed by atoms with E-state index in [-0.39, 0.29) is 5.69 Å². The molecular formula is C17H12Cl2F5NO4. The van der Waals surface area contributed by atoms with Crippen LogP contribution in [0, 0.1) is 12.3 Å². The van der Waals surface area contributed by atoms with E-state index in [2.05, 4.69) is 4.74 Å². The molecule has 1 fully saturated rings. The van der Waals surface area contributed by atoms with Gasteiger partial charge in [0.25, 0.3) is 0 Å². The van der Waals surface area contributed by atoms with Gasteiger partial charge in [-0.15, -0.1) is 19.6 Å². The van der Waals surface area contributed by atoms with Crippen LogP contribution in [-0.2, 0) is 9.59 Å². The van der Waals surface area contributed by atoms with Crippen molar-refractivity contribution in [2.45, 2.75) is 43.5 Å². The molecule has 1 N–H and O–H groups in total. The first-order valence-corrected chi connectivity index (χ1v) is 8.65. The van der Waals surface area contributed by atoms with E-state index >= 15 is 0 Å². The smallest absolute Gasteiger partial charge is 0.479 e. The first-order chi connectivity index (χ1) is 13.2. The molecule has 0 spiro atoms. The second kappa shape index (κ2) is 7.88. The van der Waals surface area contributed by atoms with E-state index in [0.717, 1.165) is 12.1 Å². The second-order valence-electron chi connectivity index (χ2n) is 6.26. The standard InChI is InChI=1S/C17H12Cl2F5NO4/c1-2-12(26)25(15(14(27)28)3-5-16(20,21)6-4-15)9-7-10(18)13(11(19)8-9)29-17(22,23)24/h1,7-8H,3-6H2,(H,27,28). The first-order valence-electron chi connectivity index (χ1n) is 7.89. The molecule has 1 amide bonds. The van der Waals surface area contributed by atoms with Gasteiger partial charge in [0.05, 0.1) is 10.0 Å². The van der Waals surface area contributed by atoms with Crippen LogP contribution < -0.4 is 9.64 Å². The summed E-state index contributed by atoms with van der Waals surface area (Å²) in [5.41, 5.74) is -2.53. The van der Waals surface area contributed by atoms with Crippen LogP contribution in [-0.4, -0.2) is 34.8 Å². The summed E-state index contributed by atoms with van der Waals surface area (Å²) in [6.45, 7) is 0. The summed E-state index contributed by atoms with van der Waals surface area (Å²) in [5.74, 6) is -5.24. The zero-order valence-corrected chi connectivity index (χ0v) is 15.8. The lowest BCUT2D eigenvalue weighted by Crippen LogP contribution is -2.60. The normalized spacial score (nSPS) is 17.9. The monoisotopic (exact) mass is 459 g/mol. The molecule has 1 aromatic carbocycles. The highest BCUT2D eigenvalue weighted by Gasteiger charge is 2.53. The summed E-state index contributed by atoms with van der Waals surface area (Å²) < 4.78 is 68.4. The van der Waals surface area contributed by atoms with Gasteiger partial charge in [-0.25, -0.2) is 13.6 Å². The Labute approximate surface area is 171 Å². The van der Waals surface area contributed by atoms with Crippen LogP contribution in [0.1, 0.15) is 25.7 Å². The van der Waals surface area contributed by atoms with Crippen molar-refractivity contribution in [1.29, 1.82) is 0 Å². The fraction of sp³-hybridized carbons (Fsp3) is 0.412. The van der Waals surface area contributed by atoms with Crippen LogP contribution in [0.25, 0.3) is 0 Å². The van der Waals surface area contributed by atoms with Gasteiger partial charge in [0.2, 0.25) is 5.92 Å². The molecule has 0 heterocycles. The lowest BCUT2D eigenvalue weighted by molar-refractivity contribution is -0.274. The van der Waals surface area contributed by atoms with E-state index in [9.17, 15) is 36.6 Å². The summed E-state index contributed by atoms with van der Waals surface area (Å²) in [5, 5.41) is 8.35. The molecule has 0 aliphatic heterocycles. The fourth-order valence-electron chi connectivity index (χ4n) is 3.07. The minimum atomic E-state index is -5.12. The average molecular weight is 460 g/mol. The highest BCUT2D eigenvalue weighted by molar-refractivity contribution is 6.37. The van der Waals surface area contributed by atoms with Gasteiger partial charge in [0.15, 0.2) is 5.75 Å². The van der Waals surface area contributed by atoms with Crippen molar-refractivity contribution in [3.8, 4) is 18.1 Å². The Kier molecular flexibility index (Phi) is 6.26. The number of halogens is 7. The fourth-order valence-corrected chi connectivity index (χ4v) is 3.63. The third-order valence-electron chi connectivity index (χ3n) is 4.42. The number of carboxylic acid groups (broad SMARTS) is 1. The van der Waals surface area contributed by atoms with E-state index in [1.807, 2.05) is 0 Å². The van der Waals surface area contributed by atoms with E-state index in [4.69, 9.17) is 29.6 Å². The van der Waals surface area contributed by atoms with E-state index in [1.54, 1.807) is 5.92 Å². The summed E-state index contributed by atoms with van der Waals surface area (Å²) in [7, 11) is 0. The molecule has 1 aliphatic rings. The lowest BCUT2D eigenvalue weighted by Gasteiger charge is -2.44. The maximum atomic E-state index is 13.6. The molecule has 29 heavy (non-hydrogen) atoms. The number of hydrogen-bond acceptors (Lipinski definition) is 3. The van der Waals surface area contributed by atoms with Crippen molar-refractivity contribution in [3.05, 3.63) is 22.2 Å². The number of hydrogen-bond donors (Lipinski definition) is 1. The zero-order valence-electron chi connectivity index (χ0n) is 14.3. The molecule has 2 rings (SSSR count). The number of amides is 1. The van der Waals surface area contributed by atoms with Gasteiger partial charge < -0.3 is 9.84 Å². The van der Waals surface area contributed by atoms with Crippen LogP contribution in [0.15, 0.2) is 12.1 Å². The van der Waals surface area contributed by atoms with Gasteiger partial charge in [0.1, 0.15) is 5.54 Å². The van der Waals surface area contributed by atoms with Crippen LogP contribution in [0.4, 0.5) is 27.6 Å². The number of terminal acetylenes is 1. The first kappa shape index (κ1) is 23.0. The number of ether oxygens (including phenoxy) is 1. The number of alkyl halides is 5. The number of benzene rings is 1. The summed E-state index contributed by atoms with van der Waals surface area (Å²) >= 11 is 11.6. The Bertz CT molecular complexity index is 849. The van der Waals surface area contributed by atoms with Crippen LogP contribution in [0.5, 0.6) is 5.75 Å². The highest BCUT2D eigenvalue weighted by atomic mass is 35.5. The number of anilines is 1. The molecule has 0 unspecified atom stereocenters. The Morgan fingerprint density at radius 1 is 1.14 bits per heavy atom. The van der Waals surface area contributed by atoms with Gasteiger partial charge >= 0.3 is 18.2 Å². The third-order valence-corrected chi connectivity index (χ3v) is 4.98. The SMILES string of the molecule is C#CC(=O)N(c1cc(Cl)c(OC(F)(F)F)c(Cl)c1)C1(C(=O)O)CCC(F)(F)CC1. The van der Waals surface area contributed by atoms with Gasteiger partial charge in [-0.2, -0.15) is 0 Å². The van der Waals surface area contributed by atoms with E-state index in [0.29, 0.717) is 4.90 Å². The Morgan fingerprint density at radius 3 is 2.00 bits per heavy atom. The van der Waals surface area contributed by atoms with Crippen LogP contribution in [0.3, 0.4) is 0 Å². The summed E-state index contributed by atoms with van der Waals surface area (Å²) in [6, 6.07) is 1.59. The minimum Gasteiger partial charge on any atom is -0.479 e. The number of nitrogens with zero attached hydrogens (tertiary/aromatic N) is 1. The zero-order chi connectivity index (χ0) is 22.2. The molecule has 1 aliphatic carbocycles. The van der Waals surface area contributed by atoms with Crippen LogP contribution in [0.2, 0.25) is 10.0 Å². The molecule has 12 heteroatoms. The van der Waals surface area contributed by atoms with Crippen molar-refractivity contribution in [2.75, 3.05) is 4.90 Å². The van der Waals surface area contributed by atoms with E-state index < -0.39 is 71.2 Å². The molecule has 1 saturated carbocycles. The number of carbonyl (C=O) groups excluding carboxylic acids is 1. The maximum Gasteiger partial charge on any atom is 0.573 e. The molecule has 158 valence electrons. The quantitative estimate of drug-likeness (QED) is 0.514. The average Bonchev–Trinajstić information content (AvgIpc) is 2.58. The predicted octanol–water partition coefficient (Wildman–Crippen LogP) is 4.89. The maximum absolute atomic E-state index is 13.6. The van der Waals surface area contributed by atoms with Crippen molar-refractivity contribution in [1.82, 2.24) is 0 Å². The second-order valence-corrected chi connectivity index (χ2v) is 7.08.